The number of pyridine rings is 1. The summed E-state index contributed by atoms with van der Waals surface area (Å²) in [6.45, 7) is 2.58. The van der Waals surface area contributed by atoms with E-state index in [1.54, 1.807) is 12.1 Å². The number of hydrogen-bond donors (Lipinski definition) is 1. The van der Waals surface area contributed by atoms with Crippen molar-refractivity contribution in [3.8, 4) is 0 Å². The molecule has 1 unspecified atom stereocenters. The zero-order valence-electron chi connectivity index (χ0n) is 13.7. The quantitative estimate of drug-likeness (QED) is 0.676. The summed E-state index contributed by atoms with van der Waals surface area (Å²) in [7, 11) is 0. The van der Waals surface area contributed by atoms with Gasteiger partial charge < -0.3 is 10.5 Å². The lowest BCUT2D eigenvalue weighted by Gasteiger charge is -2.35. The Hall–Kier alpha value is -2.40. The van der Waals surface area contributed by atoms with Gasteiger partial charge in [0.2, 0.25) is 0 Å². The monoisotopic (exact) mass is 325 g/mol. The topological polar surface area (TPSA) is 59.3 Å². The van der Waals surface area contributed by atoms with Crippen molar-refractivity contribution in [2.45, 2.75) is 31.8 Å². The van der Waals surface area contributed by atoms with Crippen LogP contribution in [0.25, 0.3) is 0 Å². The molecule has 1 aromatic carbocycles. The number of aromatic nitrogens is 1. The van der Waals surface area contributed by atoms with Crippen LogP contribution in [0, 0.1) is 5.21 Å². The molecule has 1 atom stereocenters. The molecule has 2 aromatic rings. The average molecular weight is 325 g/mol. The zero-order valence-corrected chi connectivity index (χ0v) is 13.7. The van der Waals surface area contributed by atoms with Gasteiger partial charge in [0.15, 0.2) is 12.4 Å². The number of carbonyl (C=O) groups is 1. The second-order valence-corrected chi connectivity index (χ2v) is 6.27. The minimum atomic E-state index is -0.189. The molecule has 126 valence electrons. The first-order valence-electron chi connectivity index (χ1n) is 8.47. The molecule has 5 heteroatoms. The molecule has 24 heavy (non-hydrogen) atoms. The molecule has 0 bridgehead atoms. The van der Waals surface area contributed by atoms with Crippen LogP contribution in [0.15, 0.2) is 54.9 Å². The molecule has 1 N–H and O–H groups in total. The zero-order chi connectivity index (χ0) is 16.8. The van der Waals surface area contributed by atoms with Crippen molar-refractivity contribution in [1.29, 1.82) is 0 Å². The van der Waals surface area contributed by atoms with Crippen LogP contribution in [-0.4, -0.2) is 29.9 Å². The van der Waals surface area contributed by atoms with E-state index in [0.717, 1.165) is 19.5 Å². The number of piperidine rings is 1. The highest BCUT2D eigenvalue weighted by Gasteiger charge is 2.23. The highest BCUT2D eigenvalue weighted by Crippen LogP contribution is 2.19. The highest BCUT2D eigenvalue weighted by molar-refractivity contribution is 5.93. The number of amides is 1. The highest BCUT2D eigenvalue weighted by atomic mass is 16.5. The summed E-state index contributed by atoms with van der Waals surface area (Å²) in [5.74, 6) is -0.189. The van der Waals surface area contributed by atoms with Crippen LogP contribution in [0.5, 0.6) is 0 Å². The fraction of sp³-hybridized carbons (Fsp3) is 0.368. The van der Waals surface area contributed by atoms with Crippen molar-refractivity contribution >= 4 is 5.91 Å². The molecule has 1 amide bonds. The number of nitrogens with zero attached hydrogens (tertiary/aromatic N) is 2. The van der Waals surface area contributed by atoms with Crippen molar-refractivity contribution in [2.75, 3.05) is 13.1 Å². The second kappa shape index (κ2) is 7.93. The Kier molecular flexibility index (Phi) is 5.43. The van der Waals surface area contributed by atoms with Crippen LogP contribution < -0.4 is 10.0 Å². The van der Waals surface area contributed by atoms with E-state index in [1.165, 1.54) is 30.8 Å². The van der Waals surface area contributed by atoms with Gasteiger partial charge in [-0.15, -0.1) is 0 Å². The minimum absolute atomic E-state index is 0.189. The largest absolute Gasteiger partial charge is 0.619 e. The SMILES string of the molecule is O=C(NCC1CCCCN1Cc1ccccc1)c1ccc[n+]([O-])c1. The number of carbonyl (C=O) groups excluding carboxylic acids is 1. The lowest BCUT2D eigenvalue weighted by Crippen LogP contribution is -2.46. The van der Waals surface area contributed by atoms with Crippen molar-refractivity contribution in [1.82, 2.24) is 10.2 Å². The first-order valence-corrected chi connectivity index (χ1v) is 8.47. The third-order valence-electron chi connectivity index (χ3n) is 4.51. The first kappa shape index (κ1) is 16.5. The Labute approximate surface area is 142 Å². The van der Waals surface area contributed by atoms with E-state index in [2.05, 4.69) is 34.5 Å². The molecule has 3 rings (SSSR count). The molecule has 2 heterocycles. The van der Waals surface area contributed by atoms with Gasteiger partial charge in [-0.25, -0.2) is 0 Å². The number of benzene rings is 1. The summed E-state index contributed by atoms with van der Waals surface area (Å²) in [4.78, 5) is 14.7. The third-order valence-corrected chi connectivity index (χ3v) is 4.51. The van der Waals surface area contributed by atoms with Gasteiger partial charge in [-0.3, -0.25) is 9.69 Å². The smallest absolute Gasteiger partial charge is 0.257 e. The van der Waals surface area contributed by atoms with E-state index >= 15 is 0 Å². The average Bonchev–Trinajstić information content (AvgIpc) is 2.61. The van der Waals surface area contributed by atoms with Crippen LogP contribution in [0.1, 0.15) is 35.2 Å². The van der Waals surface area contributed by atoms with E-state index in [4.69, 9.17) is 0 Å². The van der Waals surface area contributed by atoms with Crippen molar-refractivity contribution in [3.05, 3.63) is 71.2 Å². The molecule has 1 saturated heterocycles. The Bertz CT molecular complexity index is 675. The van der Waals surface area contributed by atoms with Crippen LogP contribution >= 0.6 is 0 Å². The minimum Gasteiger partial charge on any atom is -0.619 e. The third kappa shape index (κ3) is 4.32. The molecule has 0 saturated carbocycles. The lowest BCUT2D eigenvalue weighted by molar-refractivity contribution is -0.605. The predicted octanol–water partition coefficient (Wildman–Crippen LogP) is 2.10. The Morgan fingerprint density at radius 1 is 1.21 bits per heavy atom. The number of rotatable bonds is 5. The van der Waals surface area contributed by atoms with E-state index in [1.807, 2.05) is 6.07 Å². The molecule has 5 nitrogen and oxygen atoms in total. The standard InChI is InChI=1S/C19H23N3O2/c23-19(17-9-6-12-22(24)15-17)20-13-18-10-4-5-11-21(18)14-16-7-2-1-3-8-16/h1-3,6-9,12,15,18H,4-5,10-11,13-14H2,(H,20,23). The van der Waals surface area contributed by atoms with Gasteiger partial charge in [-0.05, 0) is 31.0 Å². The second-order valence-electron chi connectivity index (χ2n) is 6.27. The molecule has 1 aliphatic rings. The summed E-state index contributed by atoms with van der Waals surface area (Å²) < 4.78 is 0.650. The molecule has 0 spiro atoms. The van der Waals surface area contributed by atoms with Crippen LogP contribution in [0.4, 0.5) is 0 Å². The summed E-state index contributed by atoms with van der Waals surface area (Å²) in [6.07, 6.45) is 6.16. The van der Waals surface area contributed by atoms with Gasteiger partial charge in [0.1, 0.15) is 5.56 Å². The predicted molar refractivity (Wildman–Crippen MR) is 92.2 cm³/mol. The van der Waals surface area contributed by atoms with Gasteiger partial charge in [0.25, 0.3) is 5.91 Å². The molecule has 0 radical (unpaired) electrons. The first-order chi connectivity index (χ1) is 11.7. The number of likely N-dealkylation sites (tertiary alicyclic amines) is 1. The molecular formula is C19H23N3O2. The van der Waals surface area contributed by atoms with Gasteiger partial charge in [-0.2, -0.15) is 4.73 Å². The Balaban J connectivity index is 1.58. The molecule has 1 fully saturated rings. The maximum Gasteiger partial charge on any atom is 0.257 e. The molecule has 0 aliphatic carbocycles. The van der Waals surface area contributed by atoms with Crippen molar-refractivity contribution < 1.29 is 9.52 Å². The van der Waals surface area contributed by atoms with Gasteiger partial charge in [0.05, 0.1) is 0 Å². The maximum atomic E-state index is 12.2. The van der Waals surface area contributed by atoms with Crippen molar-refractivity contribution in [2.24, 2.45) is 0 Å². The normalized spacial score (nSPS) is 18.2. The maximum absolute atomic E-state index is 12.2. The van der Waals surface area contributed by atoms with E-state index in [-0.39, 0.29) is 5.91 Å². The molecule has 1 aromatic heterocycles. The van der Waals surface area contributed by atoms with Gasteiger partial charge >= 0.3 is 0 Å². The van der Waals surface area contributed by atoms with Gasteiger partial charge in [0, 0.05) is 25.2 Å². The van der Waals surface area contributed by atoms with Crippen molar-refractivity contribution in [3.63, 3.8) is 0 Å². The summed E-state index contributed by atoms with van der Waals surface area (Å²) in [5, 5.41) is 14.3. The Morgan fingerprint density at radius 2 is 2.04 bits per heavy atom. The van der Waals surface area contributed by atoms with E-state index in [9.17, 15) is 10.0 Å². The fourth-order valence-corrected chi connectivity index (χ4v) is 3.22. The number of nitrogens with one attached hydrogen (secondary N) is 1. The summed E-state index contributed by atoms with van der Waals surface area (Å²) >= 11 is 0. The van der Waals surface area contributed by atoms with Crippen LogP contribution in [-0.2, 0) is 6.54 Å². The summed E-state index contributed by atoms with van der Waals surface area (Å²) in [5.41, 5.74) is 1.70. The van der Waals surface area contributed by atoms with E-state index in [0.29, 0.717) is 22.9 Å². The molecule has 1 aliphatic heterocycles. The summed E-state index contributed by atoms with van der Waals surface area (Å²) in [6, 6.07) is 14.0. The van der Waals surface area contributed by atoms with Crippen LogP contribution in [0.2, 0.25) is 0 Å². The number of hydrogen-bond acceptors (Lipinski definition) is 3. The lowest BCUT2D eigenvalue weighted by atomic mass is 10.0. The van der Waals surface area contributed by atoms with Crippen LogP contribution in [0.3, 0.4) is 0 Å². The van der Waals surface area contributed by atoms with E-state index < -0.39 is 0 Å². The fourth-order valence-electron chi connectivity index (χ4n) is 3.22. The molecular weight excluding hydrogens is 302 g/mol. The Morgan fingerprint density at radius 3 is 2.83 bits per heavy atom. The van der Waals surface area contributed by atoms with Gasteiger partial charge in [-0.1, -0.05) is 36.8 Å².